The highest BCUT2D eigenvalue weighted by molar-refractivity contribution is 6.03. The molecule has 29 heavy (non-hydrogen) atoms. The number of carbonyl (C=O) groups is 1. The van der Waals surface area contributed by atoms with Gasteiger partial charge in [0.2, 0.25) is 5.91 Å². The van der Waals surface area contributed by atoms with Crippen molar-refractivity contribution in [2.45, 2.75) is 13.8 Å². The molecule has 0 fully saturated rings. The van der Waals surface area contributed by atoms with Gasteiger partial charge in [0.05, 0.1) is 18.6 Å². The molecule has 2 aromatic carbocycles. The molecule has 4 aromatic rings. The molecule has 0 aliphatic heterocycles. The largest absolute Gasteiger partial charge is 0.494 e. The molecule has 0 saturated heterocycles. The number of aromatic nitrogens is 3. The summed E-state index contributed by atoms with van der Waals surface area (Å²) in [6.07, 6.45) is 4.61. The maximum absolute atomic E-state index is 12.2. The van der Waals surface area contributed by atoms with E-state index < -0.39 is 0 Å². The lowest BCUT2D eigenvalue weighted by Crippen LogP contribution is -2.08. The first-order chi connectivity index (χ1) is 14.1. The van der Waals surface area contributed by atoms with E-state index in [1.165, 1.54) is 6.08 Å². The molecule has 0 aliphatic carbocycles. The van der Waals surface area contributed by atoms with Gasteiger partial charge in [-0.05, 0) is 74.0 Å². The zero-order chi connectivity index (χ0) is 20.2. The first-order valence-electron chi connectivity index (χ1n) is 9.26. The van der Waals surface area contributed by atoms with Crippen molar-refractivity contribution in [3.63, 3.8) is 0 Å². The van der Waals surface area contributed by atoms with Crippen LogP contribution < -0.4 is 10.1 Å². The lowest BCUT2D eigenvalue weighted by molar-refractivity contribution is -0.111. The van der Waals surface area contributed by atoms with E-state index in [-0.39, 0.29) is 5.91 Å². The van der Waals surface area contributed by atoms with Gasteiger partial charge in [-0.25, -0.2) is 0 Å². The number of hydrogen-bond donors (Lipinski definition) is 1. The van der Waals surface area contributed by atoms with Crippen LogP contribution in [-0.2, 0) is 4.79 Å². The molecule has 0 bridgehead atoms. The summed E-state index contributed by atoms with van der Waals surface area (Å²) < 4.78 is 10.7. The standard InChI is InChI=1S/C22H20N4O3/c1-3-28-18-8-6-16(7-9-18)26-24-20-13-15(2)19(14-21(20)25-26)23-22(27)11-10-17-5-4-12-29-17/h4-14H,3H2,1-2H3,(H,23,27). The molecule has 7 nitrogen and oxygen atoms in total. The van der Waals surface area contributed by atoms with Gasteiger partial charge < -0.3 is 14.5 Å². The third kappa shape index (κ3) is 4.19. The third-order valence-electron chi connectivity index (χ3n) is 4.31. The number of rotatable bonds is 6. The third-order valence-corrected chi connectivity index (χ3v) is 4.31. The van der Waals surface area contributed by atoms with Crippen LogP contribution in [0.2, 0.25) is 0 Å². The fourth-order valence-electron chi connectivity index (χ4n) is 2.88. The monoisotopic (exact) mass is 388 g/mol. The van der Waals surface area contributed by atoms with Crippen LogP contribution in [0.15, 0.2) is 65.3 Å². The Morgan fingerprint density at radius 3 is 2.62 bits per heavy atom. The number of nitrogens with zero attached hydrogens (tertiary/aromatic N) is 3. The summed E-state index contributed by atoms with van der Waals surface area (Å²) in [5.41, 5.74) is 3.85. The van der Waals surface area contributed by atoms with E-state index in [9.17, 15) is 4.79 Å². The predicted molar refractivity (Wildman–Crippen MR) is 111 cm³/mol. The highest BCUT2D eigenvalue weighted by atomic mass is 16.5. The second-order valence-corrected chi connectivity index (χ2v) is 6.41. The van der Waals surface area contributed by atoms with Crippen LogP contribution in [-0.4, -0.2) is 27.5 Å². The maximum Gasteiger partial charge on any atom is 0.248 e. The Bertz CT molecular complexity index is 1160. The van der Waals surface area contributed by atoms with Gasteiger partial charge in [-0.15, -0.1) is 10.2 Å². The first kappa shape index (κ1) is 18.5. The fourth-order valence-corrected chi connectivity index (χ4v) is 2.88. The summed E-state index contributed by atoms with van der Waals surface area (Å²) in [4.78, 5) is 13.8. The minimum Gasteiger partial charge on any atom is -0.494 e. The molecule has 1 N–H and O–H groups in total. The molecule has 146 valence electrons. The number of anilines is 1. The highest BCUT2D eigenvalue weighted by Crippen LogP contribution is 2.23. The molecule has 0 spiro atoms. The van der Waals surface area contributed by atoms with Crippen LogP contribution in [0.1, 0.15) is 18.2 Å². The molecule has 0 atom stereocenters. The summed E-state index contributed by atoms with van der Waals surface area (Å²) in [6.45, 7) is 4.48. The Kier molecular flexibility index (Phi) is 5.11. The number of fused-ring (bicyclic) bond motifs is 1. The summed E-state index contributed by atoms with van der Waals surface area (Å²) >= 11 is 0. The lowest BCUT2D eigenvalue weighted by Gasteiger charge is -2.05. The fraction of sp³-hybridized carbons (Fsp3) is 0.136. The predicted octanol–water partition coefficient (Wildman–Crippen LogP) is 4.37. The van der Waals surface area contributed by atoms with Crippen molar-refractivity contribution in [3.8, 4) is 11.4 Å². The van der Waals surface area contributed by atoms with Gasteiger partial charge in [-0.1, -0.05) is 0 Å². The van der Waals surface area contributed by atoms with Crippen LogP contribution in [0.5, 0.6) is 5.75 Å². The van der Waals surface area contributed by atoms with Gasteiger partial charge in [-0.3, -0.25) is 4.79 Å². The van der Waals surface area contributed by atoms with Crippen LogP contribution in [0.4, 0.5) is 5.69 Å². The van der Waals surface area contributed by atoms with Crippen LogP contribution in [0.3, 0.4) is 0 Å². The van der Waals surface area contributed by atoms with E-state index in [1.807, 2.05) is 50.2 Å². The van der Waals surface area contributed by atoms with E-state index in [2.05, 4.69) is 15.5 Å². The van der Waals surface area contributed by atoms with E-state index in [1.54, 1.807) is 29.3 Å². The molecule has 7 heteroatoms. The first-order valence-corrected chi connectivity index (χ1v) is 9.26. The van der Waals surface area contributed by atoms with E-state index in [0.717, 1.165) is 22.5 Å². The molecule has 0 unspecified atom stereocenters. The normalized spacial score (nSPS) is 11.2. The Hall–Kier alpha value is -3.87. The van der Waals surface area contributed by atoms with E-state index in [0.29, 0.717) is 23.6 Å². The van der Waals surface area contributed by atoms with Crippen LogP contribution >= 0.6 is 0 Å². The molecule has 4 rings (SSSR count). The van der Waals surface area contributed by atoms with Crippen molar-refractivity contribution >= 4 is 28.7 Å². The molecule has 2 heterocycles. The minimum absolute atomic E-state index is 0.247. The maximum atomic E-state index is 12.2. The van der Waals surface area contributed by atoms with Crippen molar-refractivity contribution in [2.24, 2.45) is 0 Å². The minimum atomic E-state index is -0.247. The second kappa shape index (κ2) is 8.02. The number of amides is 1. The SMILES string of the molecule is CCOc1ccc(-n2nc3cc(C)c(NC(=O)C=Cc4ccco4)cc3n2)cc1. The number of benzene rings is 2. The van der Waals surface area contributed by atoms with Crippen molar-refractivity contribution in [1.29, 1.82) is 0 Å². The number of carbonyl (C=O) groups excluding carboxylic acids is 1. The van der Waals surface area contributed by atoms with Crippen LogP contribution in [0, 0.1) is 6.92 Å². The van der Waals surface area contributed by atoms with Crippen LogP contribution in [0.25, 0.3) is 22.8 Å². The molecule has 0 saturated carbocycles. The van der Waals surface area contributed by atoms with Gasteiger partial charge in [-0.2, -0.15) is 4.80 Å². The number of ether oxygens (including phenoxy) is 1. The van der Waals surface area contributed by atoms with Crippen molar-refractivity contribution in [1.82, 2.24) is 15.0 Å². The molecule has 0 aliphatic rings. The summed E-state index contributed by atoms with van der Waals surface area (Å²) in [5, 5.41) is 11.9. The topological polar surface area (TPSA) is 82.2 Å². The number of furan rings is 1. The molecular formula is C22H20N4O3. The van der Waals surface area contributed by atoms with Gasteiger partial charge >= 0.3 is 0 Å². The Morgan fingerprint density at radius 1 is 1.17 bits per heavy atom. The summed E-state index contributed by atoms with van der Waals surface area (Å²) in [6, 6.07) is 14.8. The lowest BCUT2D eigenvalue weighted by atomic mass is 10.1. The molecular weight excluding hydrogens is 368 g/mol. The van der Waals surface area contributed by atoms with Crippen molar-refractivity contribution < 1.29 is 13.9 Å². The van der Waals surface area contributed by atoms with Gasteiger partial charge in [0.25, 0.3) is 0 Å². The Labute approximate surface area is 167 Å². The van der Waals surface area contributed by atoms with Crippen molar-refractivity contribution in [2.75, 3.05) is 11.9 Å². The van der Waals surface area contributed by atoms with Gasteiger partial charge in [0.1, 0.15) is 22.5 Å². The number of nitrogens with one attached hydrogen (secondary N) is 1. The Balaban J connectivity index is 1.55. The zero-order valence-corrected chi connectivity index (χ0v) is 16.1. The molecule has 0 radical (unpaired) electrons. The summed E-state index contributed by atoms with van der Waals surface area (Å²) in [7, 11) is 0. The van der Waals surface area contributed by atoms with Crippen molar-refractivity contribution in [3.05, 3.63) is 72.2 Å². The van der Waals surface area contributed by atoms with E-state index in [4.69, 9.17) is 9.15 Å². The number of hydrogen-bond acceptors (Lipinski definition) is 5. The smallest absolute Gasteiger partial charge is 0.248 e. The average Bonchev–Trinajstić information content (AvgIpc) is 3.37. The van der Waals surface area contributed by atoms with E-state index >= 15 is 0 Å². The highest BCUT2D eigenvalue weighted by Gasteiger charge is 2.10. The quantitative estimate of drug-likeness (QED) is 0.496. The summed E-state index contributed by atoms with van der Waals surface area (Å²) in [5.74, 6) is 1.17. The number of aryl methyl sites for hydroxylation is 1. The average molecular weight is 388 g/mol. The molecule has 1 amide bonds. The second-order valence-electron chi connectivity index (χ2n) is 6.41. The van der Waals surface area contributed by atoms with Gasteiger partial charge in [0, 0.05) is 11.8 Å². The Morgan fingerprint density at radius 2 is 1.93 bits per heavy atom. The molecule has 2 aromatic heterocycles. The van der Waals surface area contributed by atoms with Gasteiger partial charge in [0.15, 0.2) is 0 Å². The zero-order valence-electron chi connectivity index (χ0n) is 16.1.